The molecule has 1 fully saturated rings. The van der Waals surface area contributed by atoms with E-state index in [4.69, 9.17) is 10.5 Å². The lowest BCUT2D eigenvalue weighted by atomic mass is 10.2. The third-order valence-corrected chi connectivity index (χ3v) is 5.09. The molecule has 2 N–H and O–H groups in total. The highest BCUT2D eigenvalue weighted by Crippen LogP contribution is 2.29. The Hall–Kier alpha value is -2.19. The fourth-order valence-electron chi connectivity index (χ4n) is 2.87. The van der Waals surface area contributed by atoms with Crippen molar-refractivity contribution < 1.29 is 13.9 Å². The highest BCUT2D eigenvalue weighted by molar-refractivity contribution is 7.09. The van der Waals surface area contributed by atoms with E-state index < -0.39 is 0 Å². The first-order chi connectivity index (χ1) is 12.1. The van der Waals surface area contributed by atoms with E-state index in [-0.39, 0.29) is 11.7 Å². The van der Waals surface area contributed by atoms with Gasteiger partial charge in [-0.2, -0.15) is 0 Å². The van der Waals surface area contributed by atoms with Gasteiger partial charge >= 0.3 is 0 Å². The molecule has 0 radical (unpaired) electrons. The number of nitrogens with two attached hydrogens (primary N) is 1. The maximum atomic E-state index is 13.3. The number of methoxy groups -OCH3 is 1. The molecule has 1 aromatic heterocycles. The predicted octanol–water partition coefficient (Wildman–Crippen LogP) is 1.75. The monoisotopic (exact) mass is 364 g/mol. The Balaban J connectivity index is 1.64. The molecule has 3 rings (SSSR count). The number of carbonyl (C=O) groups excluding carboxylic acids is 1. The van der Waals surface area contributed by atoms with E-state index in [9.17, 15) is 9.18 Å². The van der Waals surface area contributed by atoms with Crippen LogP contribution in [0.5, 0.6) is 5.75 Å². The van der Waals surface area contributed by atoms with Gasteiger partial charge in [0.05, 0.1) is 17.8 Å². The number of hydrogen-bond donors (Lipinski definition) is 1. The van der Waals surface area contributed by atoms with E-state index in [1.165, 1.54) is 30.6 Å². The normalized spacial score (nSPS) is 14.7. The van der Waals surface area contributed by atoms with Gasteiger partial charge in [0, 0.05) is 44.0 Å². The molecule has 6 nitrogen and oxygen atoms in total. The van der Waals surface area contributed by atoms with Crippen molar-refractivity contribution in [2.24, 2.45) is 5.73 Å². The van der Waals surface area contributed by atoms with Crippen LogP contribution in [-0.2, 0) is 6.42 Å². The number of amides is 1. The molecule has 1 aliphatic rings. The van der Waals surface area contributed by atoms with E-state index in [1.807, 2.05) is 0 Å². The van der Waals surface area contributed by atoms with Crippen molar-refractivity contribution in [1.29, 1.82) is 0 Å². The molecule has 0 spiro atoms. The summed E-state index contributed by atoms with van der Waals surface area (Å²) in [6.45, 7) is 3.02. The SMILES string of the molecule is COc1cc(F)ccc1N1CCN(C(=O)c2csc(CCN)n2)CC1. The number of piperazine rings is 1. The minimum atomic E-state index is -0.328. The highest BCUT2D eigenvalue weighted by Gasteiger charge is 2.25. The van der Waals surface area contributed by atoms with Crippen LogP contribution in [0.4, 0.5) is 10.1 Å². The van der Waals surface area contributed by atoms with Gasteiger partial charge in [-0.05, 0) is 18.7 Å². The van der Waals surface area contributed by atoms with Crippen LogP contribution < -0.4 is 15.4 Å². The van der Waals surface area contributed by atoms with Crippen LogP contribution in [0.1, 0.15) is 15.5 Å². The number of thiazole rings is 1. The maximum Gasteiger partial charge on any atom is 0.273 e. The van der Waals surface area contributed by atoms with Gasteiger partial charge in [-0.15, -0.1) is 11.3 Å². The summed E-state index contributed by atoms with van der Waals surface area (Å²) in [5, 5.41) is 2.68. The molecule has 1 aromatic carbocycles. The molecule has 1 saturated heterocycles. The van der Waals surface area contributed by atoms with Crippen LogP contribution in [-0.4, -0.2) is 55.6 Å². The van der Waals surface area contributed by atoms with E-state index >= 15 is 0 Å². The van der Waals surface area contributed by atoms with Gasteiger partial charge in [-0.1, -0.05) is 0 Å². The van der Waals surface area contributed by atoms with Gasteiger partial charge in [0.2, 0.25) is 0 Å². The predicted molar refractivity (Wildman–Crippen MR) is 95.9 cm³/mol. The lowest BCUT2D eigenvalue weighted by Gasteiger charge is -2.36. The molecule has 2 heterocycles. The minimum Gasteiger partial charge on any atom is -0.494 e. The zero-order chi connectivity index (χ0) is 17.8. The average molecular weight is 364 g/mol. The number of ether oxygens (including phenoxy) is 1. The third-order valence-electron chi connectivity index (χ3n) is 4.18. The fourth-order valence-corrected chi connectivity index (χ4v) is 3.66. The lowest BCUT2D eigenvalue weighted by Crippen LogP contribution is -2.49. The quantitative estimate of drug-likeness (QED) is 0.875. The molecule has 0 unspecified atom stereocenters. The van der Waals surface area contributed by atoms with E-state index in [2.05, 4.69) is 9.88 Å². The first-order valence-electron chi connectivity index (χ1n) is 8.14. The number of aromatic nitrogens is 1. The van der Waals surface area contributed by atoms with Crippen molar-refractivity contribution >= 4 is 22.9 Å². The number of rotatable bonds is 5. The summed E-state index contributed by atoms with van der Waals surface area (Å²) in [4.78, 5) is 20.8. The van der Waals surface area contributed by atoms with Gasteiger partial charge < -0.3 is 20.3 Å². The van der Waals surface area contributed by atoms with Gasteiger partial charge in [0.25, 0.3) is 5.91 Å². The Bertz CT molecular complexity index is 744. The first kappa shape index (κ1) is 17.6. The summed E-state index contributed by atoms with van der Waals surface area (Å²) >= 11 is 1.47. The Kier molecular flexibility index (Phi) is 5.50. The van der Waals surface area contributed by atoms with Crippen LogP contribution in [0.2, 0.25) is 0 Å². The Morgan fingerprint density at radius 1 is 1.36 bits per heavy atom. The molecular formula is C17H21FN4O2S. The molecular weight excluding hydrogens is 343 g/mol. The van der Waals surface area contributed by atoms with Crippen LogP contribution >= 0.6 is 11.3 Å². The molecule has 0 bridgehead atoms. The fraction of sp³-hybridized carbons (Fsp3) is 0.412. The molecule has 1 amide bonds. The summed E-state index contributed by atoms with van der Waals surface area (Å²) in [7, 11) is 1.53. The lowest BCUT2D eigenvalue weighted by molar-refractivity contribution is 0.0741. The zero-order valence-electron chi connectivity index (χ0n) is 14.1. The van der Waals surface area contributed by atoms with Gasteiger partial charge in [-0.25, -0.2) is 9.37 Å². The summed E-state index contributed by atoms with van der Waals surface area (Å²) in [6.07, 6.45) is 0.691. The molecule has 25 heavy (non-hydrogen) atoms. The van der Waals surface area contributed by atoms with Crippen molar-refractivity contribution in [3.05, 3.63) is 40.1 Å². The van der Waals surface area contributed by atoms with Crippen LogP contribution in [0.25, 0.3) is 0 Å². The summed E-state index contributed by atoms with van der Waals surface area (Å²) in [5.74, 6) is 0.127. The van der Waals surface area contributed by atoms with Crippen molar-refractivity contribution in [1.82, 2.24) is 9.88 Å². The van der Waals surface area contributed by atoms with Gasteiger partial charge in [0.15, 0.2) is 0 Å². The largest absolute Gasteiger partial charge is 0.494 e. The van der Waals surface area contributed by atoms with Crippen LogP contribution in [0.3, 0.4) is 0 Å². The van der Waals surface area contributed by atoms with E-state index in [0.717, 1.165) is 10.7 Å². The molecule has 134 valence electrons. The summed E-state index contributed by atoms with van der Waals surface area (Å²) in [5.41, 5.74) is 6.85. The highest BCUT2D eigenvalue weighted by atomic mass is 32.1. The zero-order valence-corrected chi connectivity index (χ0v) is 14.9. The topological polar surface area (TPSA) is 71.7 Å². The standard InChI is InChI=1S/C17H21FN4O2S/c1-24-15-10-12(18)2-3-14(15)21-6-8-22(9-7-21)17(23)13-11-25-16(20-13)4-5-19/h2-3,10-11H,4-9,19H2,1H3. The van der Waals surface area contributed by atoms with Gasteiger partial charge in [-0.3, -0.25) is 4.79 Å². The van der Waals surface area contributed by atoms with Crippen molar-refractivity contribution in [3.63, 3.8) is 0 Å². The first-order valence-corrected chi connectivity index (χ1v) is 9.02. The number of anilines is 1. The maximum absolute atomic E-state index is 13.3. The minimum absolute atomic E-state index is 0.0507. The average Bonchev–Trinajstić information content (AvgIpc) is 3.10. The number of benzene rings is 1. The summed E-state index contributed by atoms with van der Waals surface area (Å²) in [6, 6.07) is 4.51. The van der Waals surface area contributed by atoms with E-state index in [0.29, 0.717) is 50.6 Å². The van der Waals surface area contributed by atoms with Gasteiger partial charge in [0.1, 0.15) is 17.3 Å². The summed E-state index contributed by atoms with van der Waals surface area (Å²) < 4.78 is 18.6. The molecule has 1 aliphatic heterocycles. The second-order valence-electron chi connectivity index (χ2n) is 5.76. The third kappa shape index (κ3) is 3.91. The Morgan fingerprint density at radius 2 is 2.12 bits per heavy atom. The number of carbonyl (C=O) groups is 1. The van der Waals surface area contributed by atoms with E-state index in [1.54, 1.807) is 16.3 Å². The van der Waals surface area contributed by atoms with Crippen molar-refractivity contribution in [2.45, 2.75) is 6.42 Å². The van der Waals surface area contributed by atoms with Crippen molar-refractivity contribution in [3.8, 4) is 5.75 Å². The van der Waals surface area contributed by atoms with Crippen LogP contribution in [0.15, 0.2) is 23.6 Å². The molecule has 2 aromatic rings. The van der Waals surface area contributed by atoms with Crippen molar-refractivity contribution in [2.75, 3.05) is 44.7 Å². The number of nitrogens with zero attached hydrogens (tertiary/aromatic N) is 3. The number of halogens is 1. The number of hydrogen-bond acceptors (Lipinski definition) is 6. The Morgan fingerprint density at radius 3 is 2.80 bits per heavy atom. The Labute approximate surface area is 150 Å². The second-order valence-corrected chi connectivity index (χ2v) is 6.70. The molecule has 8 heteroatoms. The molecule has 0 aliphatic carbocycles. The smallest absolute Gasteiger partial charge is 0.273 e. The van der Waals surface area contributed by atoms with Crippen LogP contribution in [0, 0.1) is 5.82 Å². The second kappa shape index (κ2) is 7.79. The molecule has 0 saturated carbocycles. The molecule has 0 atom stereocenters.